The van der Waals surface area contributed by atoms with Gasteiger partial charge in [0.15, 0.2) is 5.16 Å². The second-order valence-electron chi connectivity index (χ2n) is 5.72. The topological polar surface area (TPSA) is 57.0 Å². The normalized spacial score (nSPS) is 10.0. The summed E-state index contributed by atoms with van der Waals surface area (Å²) in [6.45, 7) is 12.4. The van der Waals surface area contributed by atoms with Gasteiger partial charge in [0, 0.05) is 5.39 Å². The molecule has 0 saturated carbocycles. The minimum absolute atomic E-state index is 0.206. The van der Waals surface area contributed by atoms with Crippen LogP contribution in [-0.4, -0.2) is 33.6 Å². The molecule has 1 heterocycles. The molecule has 3 rings (SSSR count). The van der Waals surface area contributed by atoms with E-state index in [2.05, 4.69) is 59.1 Å². The maximum absolute atomic E-state index is 11.4. The van der Waals surface area contributed by atoms with Gasteiger partial charge >= 0.3 is 5.97 Å². The molecule has 0 radical (unpaired) electrons. The van der Waals surface area contributed by atoms with Crippen molar-refractivity contribution >= 4 is 28.5 Å². The molecule has 0 fully saturated rings. The van der Waals surface area contributed by atoms with Crippen molar-refractivity contribution in [2.45, 2.75) is 52.6 Å². The number of nitrogens with zero attached hydrogens (tertiary/aromatic N) is 3. The molecular weight excluding hydrogens is 370 g/mol. The van der Waals surface area contributed by atoms with Gasteiger partial charge < -0.3 is 4.74 Å². The Labute approximate surface area is 172 Å². The minimum Gasteiger partial charge on any atom is -0.468 e. The highest BCUT2D eigenvalue weighted by atomic mass is 32.2. The van der Waals surface area contributed by atoms with Gasteiger partial charge in [-0.3, -0.25) is 9.36 Å². The third-order valence-corrected chi connectivity index (χ3v) is 4.80. The van der Waals surface area contributed by atoms with Crippen molar-refractivity contribution in [2.24, 2.45) is 0 Å². The lowest BCUT2D eigenvalue weighted by molar-refractivity contribution is -0.137. The number of rotatable bonds is 5. The fraction of sp³-hybridized carbons (Fsp3) is 0.409. The van der Waals surface area contributed by atoms with Crippen molar-refractivity contribution in [2.75, 3.05) is 12.9 Å². The Balaban J connectivity index is 0.000000921. The van der Waals surface area contributed by atoms with Crippen LogP contribution in [0.15, 0.2) is 47.9 Å². The lowest BCUT2D eigenvalue weighted by Crippen LogP contribution is -2.05. The Bertz CT molecular complexity index is 875. The molecule has 2 aromatic carbocycles. The van der Waals surface area contributed by atoms with Gasteiger partial charge in [0.2, 0.25) is 0 Å². The number of thioether (sulfide) groups is 1. The first-order chi connectivity index (χ1) is 13.6. The van der Waals surface area contributed by atoms with Crippen molar-refractivity contribution in [1.82, 2.24) is 14.8 Å². The van der Waals surface area contributed by atoms with Crippen LogP contribution in [-0.2, 0) is 9.53 Å². The molecule has 0 saturated heterocycles. The molecule has 0 atom stereocenters. The third-order valence-electron chi connectivity index (χ3n) is 3.88. The van der Waals surface area contributed by atoms with Crippen molar-refractivity contribution < 1.29 is 9.53 Å². The number of ether oxygens (including phenoxy) is 1. The lowest BCUT2D eigenvalue weighted by atomic mass is 9.95. The van der Waals surface area contributed by atoms with Crippen LogP contribution in [0.4, 0.5) is 0 Å². The Morgan fingerprint density at radius 1 is 1.07 bits per heavy atom. The smallest absolute Gasteiger partial charge is 0.316 e. The molecule has 3 aromatic rings. The van der Waals surface area contributed by atoms with Gasteiger partial charge in [-0.2, -0.15) is 0 Å². The fourth-order valence-corrected chi connectivity index (χ4v) is 3.44. The average Bonchev–Trinajstić information content (AvgIpc) is 3.22. The SMILES string of the molecule is CC.CC.COC(=O)CSc1nncn1-c1ccc(C(C)C)c2ccccc12. The Hall–Kier alpha value is -2.34. The molecule has 6 heteroatoms. The van der Waals surface area contributed by atoms with Gasteiger partial charge in [0.1, 0.15) is 6.33 Å². The number of esters is 1. The number of aromatic nitrogens is 3. The molecular formula is C22H31N3O2S. The first-order valence-corrected chi connectivity index (χ1v) is 10.7. The van der Waals surface area contributed by atoms with Crippen LogP contribution in [0.3, 0.4) is 0 Å². The average molecular weight is 402 g/mol. The number of hydrogen-bond acceptors (Lipinski definition) is 5. The van der Waals surface area contributed by atoms with E-state index in [1.165, 1.54) is 29.8 Å². The Morgan fingerprint density at radius 3 is 2.32 bits per heavy atom. The zero-order valence-electron chi connectivity index (χ0n) is 17.9. The summed E-state index contributed by atoms with van der Waals surface area (Å²) in [5.41, 5.74) is 2.32. The van der Waals surface area contributed by atoms with Crippen LogP contribution in [0, 0.1) is 0 Å². The summed E-state index contributed by atoms with van der Waals surface area (Å²) < 4.78 is 6.61. The first kappa shape index (κ1) is 23.7. The molecule has 152 valence electrons. The van der Waals surface area contributed by atoms with Crippen molar-refractivity contribution in [3.63, 3.8) is 0 Å². The largest absolute Gasteiger partial charge is 0.468 e. The molecule has 28 heavy (non-hydrogen) atoms. The number of carbonyl (C=O) groups excluding carboxylic acids is 1. The van der Waals surface area contributed by atoms with Crippen LogP contribution >= 0.6 is 11.8 Å². The highest BCUT2D eigenvalue weighted by molar-refractivity contribution is 7.99. The van der Waals surface area contributed by atoms with Crippen molar-refractivity contribution in [3.8, 4) is 5.69 Å². The quantitative estimate of drug-likeness (QED) is 0.396. The zero-order chi connectivity index (χ0) is 21.1. The van der Waals surface area contributed by atoms with Gasteiger partial charge in [0.05, 0.1) is 18.6 Å². The molecule has 0 aliphatic heterocycles. The van der Waals surface area contributed by atoms with E-state index in [9.17, 15) is 4.79 Å². The molecule has 0 amide bonds. The van der Waals surface area contributed by atoms with Gasteiger partial charge in [-0.15, -0.1) is 10.2 Å². The monoisotopic (exact) mass is 401 g/mol. The molecule has 0 unspecified atom stereocenters. The second kappa shape index (κ2) is 12.2. The highest BCUT2D eigenvalue weighted by Gasteiger charge is 2.14. The fourth-order valence-electron chi connectivity index (χ4n) is 2.69. The summed E-state index contributed by atoms with van der Waals surface area (Å²) in [6.07, 6.45) is 1.68. The minimum atomic E-state index is -0.283. The summed E-state index contributed by atoms with van der Waals surface area (Å²) >= 11 is 1.32. The van der Waals surface area contributed by atoms with Crippen molar-refractivity contribution in [3.05, 3.63) is 48.3 Å². The van der Waals surface area contributed by atoms with E-state index in [4.69, 9.17) is 0 Å². The Morgan fingerprint density at radius 2 is 1.71 bits per heavy atom. The van der Waals surface area contributed by atoms with Crippen LogP contribution in [0.2, 0.25) is 0 Å². The molecule has 1 aromatic heterocycles. The summed E-state index contributed by atoms with van der Waals surface area (Å²) in [6, 6.07) is 12.6. The van der Waals surface area contributed by atoms with E-state index < -0.39 is 0 Å². The molecule has 0 N–H and O–H groups in total. The summed E-state index contributed by atoms with van der Waals surface area (Å²) in [4.78, 5) is 11.4. The van der Waals surface area contributed by atoms with Crippen molar-refractivity contribution in [1.29, 1.82) is 0 Å². The first-order valence-electron chi connectivity index (χ1n) is 9.73. The Kier molecular flexibility index (Phi) is 10.3. The summed E-state index contributed by atoms with van der Waals surface area (Å²) in [7, 11) is 1.38. The van der Waals surface area contributed by atoms with Gasteiger partial charge in [-0.1, -0.05) is 83.6 Å². The van der Waals surface area contributed by atoms with Gasteiger partial charge in [0.25, 0.3) is 0 Å². The van der Waals surface area contributed by atoms with Crippen LogP contribution < -0.4 is 0 Å². The number of benzene rings is 2. The number of methoxy groups -OCH3 is 1. The molecule has 0 aliphatic rings. The molecule has 0 aliphatic carbocycles. The highest BCUT2D eigenvalue weighted by Crippen LogP contribution is 2.31. The number of fused-ring (bicyclic) bond motifs is 1. The predicted molar refractivity (Wildman–Crippen MR) is 118 cm³/mol. The summed E-state index contributed by atoms with van der Waals surface area (Å²) in [5.74, 6) is 0.365. The van der Waals surface area contributed by atoms with E-state index in [0.29, 0.717) is 11.1 Å². The second-order valence-corrected chi connectivity index (χ2v) is 6.67. The predicted octanol–water partition coefficient (Wildman–Crippen LogP) is 5.86. The van der Waals surface area contributed by atoms with E-state index in [0.717, 1.165) is 11.1 Å². The van der Waals surface area contributed by atoms with E-state index in [1.807, 2.05) is 38.3 Å². The molecule has 0 bridgehead atoms. The standard InChI is InChI=1S/C18H19N3O2S.2C2H6/c1-12(2)13-8-9-16(15-7-5-4-6-14(13)15)21-11-19-20-18(21)24-10-17(22)23-3;2*1-2/h4-9,11-12H,10H2,1-3H3;2*1-2H3. The molecule has 5 nitrogen and oxygen atoms in total. The summed E-state index contributed by atoms with van der Waals surface area (Å²) in [5, 5.41) is 11.2. The van der Waals surface area contributed by atoms with E-state index in [1.54, 1.807) is 6.33 Å². The van der Waals surface area contributed by atoms with E-state index >= 15 is 0 Å². The molecule has 0 spiro atoms. The van der Waals surface area contributed by atoms with Crippen LogP contribution in [0.25, 0.3) is 16.5 Å². The lowest BCUT2D eigenvalue weighted by Gasteiger charge is -2.15. The number of carbonyl (C=O) groups is 1. The maximum Gasteiger partial charge on any atom is 0.316 e. The zero-order valence-corrected chi connectivity index (χ0v) is 18.7. The van der Waals surface area contributed by atoms with Gasteiger partial charge in [-0.25, -0.2) is 0 Å². The maximum atomic E-state index is 11.4. The number of hydrogen-bond donors (Lipinski definition) is 0. The van der Waals surface area contributed by atoms with Crippen LogP contribution in [0.5, 0.6) is 0 Å². The third kappa shape index (κ3) is 5.58. The van der Waals surface area contributed by atoms with Gasteiger partial charge in [-0.05, 0) is 22.9 Å². The van der Waals surface area contributed by atoms with E-state index in [-0.39, 0.29) is 11.7 Å². The van der Waals surface area contributed by atoms with Crippen LogP contribution in [0.1, 0.15) is 53.0 Å².